The van der Waals surface area contributed by atoms with Crippen molar-refractivity contribution in [1.82, 2.24) is 4.98 Å². The van der Waals surface area contributed by atoms with E-state index < -0.39 is 0 Å². The predicted octanol–water partition coefficient (Wildman–Crippen LogP) is 6.21. The summed E-state index contributed by atoms with van der Waals surface area (Å²) in [6.45, 7) is 4.04. The van der Waals surface area contributed by atoms with Crippen LogP contribution in [0, 0.1) is 12.7 Å². The van der Waals surface area contributed by atoms with Crippen LogP contribution >= 0.6 is 11.3 Å². The van der Waals surface area contributed by atoms with E-state index in [2.05, 4.69) is 11.9 Å². The van der Waals surface area contributed by atoms with Gasteiger partial charge in [-0.15, -0.1) is 11.3 Å². The van der Waals surface area contributed by atoms with Gasteiger partial charge in [-0.25, -0.2) is 4.39 Å². The number of hydrogen-bond acceptors (Lipinski definition) is 3. The zero-order chi connectivity index (χ0) is 19.8. The normalized spacial score (nSPS) is 11.4. The molecule has 0 aliphatic carbocycles. The van der Waals surface area contributed by atoms with E-state index in [1.54, 1.807) is 13.2 Å². The van der Waals surface area contributed by atoms with Gasteiger partial charge in [0.15, 0.2) is 0 Å². The molecule has 2 heterocycles. The number of ether oxygens (including phenoxy) is 1. The van der Waals surface area contributed by atoms with Gasteiger partial charge in [-0.2, -0.15) is 0 Å². The molecule has 144 valence electrons. The zero-order valence-corrected chi connectivity index (χ0v) is 17.0. The molecule has 4 aromatic rings. The fraction of sp³-hybridized carbons (Fsp3) is 0.261. The predicted molar refractivity (Wildman–Crippen MR) is 115 cm³/mol. The quantitative estimate of drug-likeness (QED) is 0.437. The highest BCUT2D eigenvalue weighted by atomic mass is 32.1. The number of aromatic nitrogens is 1. The van der Waals surface area contributed by atoms with E-state index >= 15 is 0 Å². The Kier molecular flexibility index (Phi) is 4.94. The van der Waals surface area contributed by atoms with Crippen molar-refractivity contribution < 1.29 is 9.13 Å². The Morgan fingerprint density at radius 3 is 2.75 bits per heavy atom. The first-order valence-corrected chi connectivity index (χ1v) is 10.3. The molecule has 0 atom stereocenters. The second-order valence-corrected chi connectivity index (χ2v) is 7.96. The summed E-state index contributed by atoms with van der Waals surface area (Å²) in [5, 5.41) is 3.68. The maximum absolute atomic E-state index is 14.8. The third-order valence-electron chi connectivity index (χ3n) is 5.23. The summed E-state index contributed by atoms with van der Waals surface area (Å²) in [4.78, 5) is 15.5. The fourth-order valence-electron chi connectivity index (χ4n) is 3.79. The van der Waals surface area contributed by atoms with Gasteiger partial charge in [0, 0.05) is 16.3 Å². The second kappa shape index (κ2) is 7.40. The molecular weight excluding hydrogens is 373 g/mol. The Morgan fingerprint density at radius 2 is 2.04 bits per heavy atom. The topological polar surface area (TPSA) is 42.1 Å². The summed E-state index contributed by atoms with van der Waals surface area (Å²) in [5.74, 6) is 0.470. The van der Waals surface area contributed by atoms with Gasteiger partial charge in [0.05, 0.1) is 12.6 Å². The van der Waals surface area contributed by atoms with Crippen LogP contribution in [-0.4, -0.2) is 12.1 Å². The Labute approximate surface area is 166 Å². The van der Waals surface area contributed by atoms with E-state index in [1.807, 2.05) is 36.6 Å². The molecule has 0 spiro atoms. The van der Waals surface area contributed by atoms with Gasteiger partial charge in [0.1, 0.15) is 16.3 Å². The molecule has 1 N–H and O–H groups in total. The first-order valence-electron chi connectivity index (χ1n) is 9.44. The number of thiophene rings is 1. The van der Waals surface area contributed by atoms with Crippen molar-refractivity contribution >= 4 is 32.3 Å². The maximum atomic E-state index is 14.8. The summed E-state index contributed by atoms with van der Waals surface area (Å²) >= 11 is 1.41. The van der Waals surface area contributed by atoms with E-state index in [0.29, 0.717) is 10.4 Å². The molecule has 0 unspecified atom stereocenters. The van der Waals surface area contributed by atoms with Crippen LogP contribution in [-0.2, 0) is 6.42 Å². The summed E-state index contributed by atoms with van der Waals surface area (Å²) in [6.07, 6.45) is 2.72. The minimum atomic E-state index is -0.201. The molecule has 0 saturated carbocycles. The number of halogens is 1. The second-order valence-electron chi connectivity index (χ2n) is 7.05. The van der Waals surface area contributed by atoms with E-state index in [1.165, 1.54) is 11.3 Å². The molecule has 2 aromatic heterocycles. The van der Waals surface area contributed by atoms with Gasteiger partial charge in [0.2, 0.25) is 0 Å². The van der Waals surface area contributed by atoms with Crippen molar-refractivity contribution in [3.05, 3.63) is 63.0 Å². The third-order valence-corrected chi connectivity index (χ3v) is 6.14. The van der Waals surface area contributed by atoms with Gasteiger partial charge in [-0.1, -0.05) is 25.5 Å². The zero-order valence-electron chi connectivity index (χ0n) is 16.2. The monoisotopic (exact) mass is 395 g/mol. The van der Waals surface area contributed by atoms with Crippen molar-refractivity contribution in [2.24, 2.45) is 0 Å². The number of fused-ring (bicyclic) bond motifs is 3. The van der Waals surface area contributed by atoms with Crippen molar-refractivity contribution in [1.29, 1.82) is 0 Å². The number of hydrogen-bond donors (Lipinski definition) is 1. The van der Waals surface area contributed by atoms with Crippen molar-refractivity contribution in [2.45, 2.75) is 33.1 Å². The van der Waals surface area contributed by atoms with Gasteiger partial charge < -0.3 is 9.72 Å². The molecule has 0 amide bonds. The lowest BCUT2D eigenvalue weighted by Gasteiger charge is -2.16. The molecule has 5 heteroatoms. The molecule has 28 heavy (non-hydrogen) atoms. The van der Waals surface area contributed by atoms with Crippen molar-refractivity contribution in [2.75, 3.05) is 7.11 Å². The van der Waals surface area contributed by atoms with Gasteiger partial charge >= 0.3 is 0 Å². The highest BCUT2D eigenvalue weighted by Gasteiger charge is 2.19. The highest BCUT2D eigenvalue weighted by molar-refractivity contribution is 7.17. The molecule has 0 saturated heterocycles. The first kappa shape index (κ1) is 18.7. The molecule has 0 aliphatic heterocycles. The van der Waals surface area contributed by atoms with Gasteiger partial charge in [-0.05, 0) is 60.0 Å². The SMILES string of the molecule is CCCCc1ccc(-c2c(OC)cc(C)c3[nH]c(=O)c4sccc4c23)cc1F. The largest absolute Gasteiger partial charge is 0.496 e. The van der Waals surface area contributed by atoms with E-state index in [4.69, 9.17) is 4.74 Å². The van der Waals surface area contributed by atoms with Crippen molar-refractivity contribution in [3.63, 3.8) is 0 Å². The van der Waals surface area contributed by atoms with Crippen LogP contribution in [0.2, 0.25) is 0 Å². The Balaban J connectivity index is 2.06. The lowest BCUT2D eigenvalue weighted by atomic mass is 9.93. The number of H-pyrrole nitrogens is 1. The summed E-state index contributed by atoms with van der Waals surface area (Å²) < 4.78 is 21.1. The van der Waals surface area contributed by atoms with E-state index in [-0.39, 0.29) is 11.4 Å². The number of unbranched alkanes of at least 4 members (excludes halogenated alkanes) is 1. The minimum absolute atomic E-state index is 0.0992. The van der Waals surface area contributed by atoms with Crippen LogP contribution in [0.1, 0.15) is 30.9 Å². The molecule has 2 aromatic carbocycles. The van der Waals surface area contributed by atoms with Crippen LogP contribution in [0.25, 0.3) is 32.1 Å². The van der Waals surface area contributed by atoms with Crippen LogP contribution in [0.15, 0.2) is 40.5 Å². The standard InChI is InChI=1S/C23H22FNO2S/c1-4-5-6-14-7-8-15(12-17(14)24)19-18(27-3)11-13(2)21-20(19)16-9-10-28-22(16)23(26)25-21/h7-12H,4-6H2,1-3H3,(H,25,26). The number of rotatable bonds is 5. The molecule has 0 fully saturated rings. The Bertz CT molecular complexity index is 1240. The molecule has 0 bridgehead atoms. The molecule has 4 rings (SSSR count). The molecule has 0 radical (unpaired) electrons. The van der Waals surface area contributed by atoms with E-state index in [0.717, 1.165) is 57.8 Å². The average Bonchev–Trinajstić information content (AvgIpc) is 3.18. The third kappa shape index (κ3) is 3.00. The van der Waals surface area contributed by atoms with Gasteiger partial charge in [0.25, 0.3) is 5.56 Å². The molecular formula is C23H22FNO2S. The van der Waals surface area contributed by atoms with Crippen LogP contribution < -0.4 is 10.3 Å². The lowest BCUT2D eigenvalue weighted by Crippen LogP contribution is -2.06. The number of methoxy groups -OCH3 is 1. The van der Waals surface area contributed by atoms with Crippen molar-refractivity contribution in [3.8, 4) is 16.9 Å². The number of aryl methyl sites for hydroxylation is 2. The Morgan fingerprint density at radius 1 is 1.21 bits per heavy atom. The Hall–Kier alpha value is -2.66. The summed E-state index contributed by atoms with van der Waals surface area (Å²) in [7, 11) is 1.62. The van der Waals surface area contributed by atoms with Crippen LogP contribution in [0.5, 0.6) is 5.75 Å². The number of aromatic amines is 1. The minimum Gasteiger partial charge on any atom is -0.496 e. The molecule has 3 nitrogen and oxygen atoms in total. The maximum Gasteiger partial charge on any atom is 0.266 e. The highest BCUT2D eigenvalue weighted by Crippen LogP contribution is 2.42. The lowest BCUT2D eigenvalue weighted by molar-refractivity contribution is 0.416. The first-order chi connectivity index (χ1) is 13.5. The average molecular weight is 395 g/mol. The molecule has 0 aliphatic rings. The summed E-state index contributed by atoms with van der Waals surface area (Å²) in [5.41, 5.74) is 3.87. The smallest absolute Gasteiger partial charge is 0.266 e. The van der Waals surface area contributed by atoms with E-state index in [9.17, 15) is 9.18 Å². The fourth-order valence-corrected chi connectivity index (χ4v) is 4.58. The number of nitrogens with one attached hydrogen (secondary N) is 1. The van der Waals surface area contributed by atoms with Gasteiger partial charge in [-0.3, -0.25) is 4.79 Å². The van der Waals surface area contributed by atoms with Crippen LogP contribution in [0.3, 0.4) is 0 Å². The van der Waals surface area contributed by atoms with Crippen LogP contribution in [0.4, 0.5) is 4.39 Å². The number of benzene rings is 2. The number of pyridine rings is 1. The summed E-state index contributed by atoms with van der Waals surface area (Å²) in [6, 6.07) is 9.24.